The molecule has 0 aliphatic carbocycles. The van der Waals surface area contributed by atoms with Crippen molar-refractivity contribution < 1.29 is 4.74 Å². The molecule has 0 saturated carbocycles. The average Bonchev–Trinajstić information content (AvgIpc) is 2.81. The third-order valence-electron chi connectivity index (χ3n) is 5.47. The number of rotatable bonds is 8. The fraction of sp³-hybridized carbons (Fsp3) is 0.321. The van der Waals surface area contributed by atoms with Gasteiger partial charge in [0.25, 0.3) is 0 Å². The molecule has 0 fully saturated rings. The molecule has 6 nitrogen and oxygen atoms in total. The number of hydrazone groups is 1. The SMILES string of the molecule is C/C=N\N1C=CC(Oc2ccc(NC(=N/C=C/CCC)c3nc(C)c(C)cc3C)cc2C)=CC1. The molecule has 178 valence electrons. The van der Waals surface area contributed by atoms with E-state index in [4.69, 9.17) is 14.7 Å². The van der Waals surface area contributed by atoms with E-state index in [1.807, 2.05) is 62.5 Å². The third-order valence-corrected chi connectivity index (χ3v) is 5.47. The Labute approximate surface area is 203 Å². The van der Waals surface area contributed by atoms with E-state index < -0.39 is 0 Å². The Morgan fingerprint density at radius 2 is 1.97 bits per heavy atom. The van der Waals surface area contributed by atoms with Crippen LogP contribution in [-0.2, 0) is 0 Å². The number of aliphatic imine (C=N–C) groups is 1. The molecule has 3 rings (SSSR count). The fourth-order valence-electron chi connectivity index (χ4n) is 3.49. The number of benzene rings is 1. The van der Waals surface area contributed by atoms with Gasteiger partial charge in [0.2, 0.25) is 0 Å². The standard InChI is InChI=1S/C28H35N5O/c1-7-9-10-15-29-28(27-22(5)18-20(3)23(6)31-27)32-24-11-12-26(21(4)19-24)34-25-13-16-33(17-14-25)30-8-2/h8,10-16,18-19H,7,9,17H2,1-6H3,(H,29,32)/b15-10+,30-8-. The molecule has 0 unspecified atom stereocenters. The minimum Gasteiger partial charge on any atom is -0.457 e. The number of amidine groups is 1. The monoisotopic (exact) mass is 457 g/mol. The van der Waals surface area contributed by atoms with Gasteiger partial charge in [-0.2, -0.15) is 5.10 Å². The second kappa shape index (κ2) is 12.0. The number of aromatic nitrogens is 1. The molecule has 1 aromatic carbocycles. The third kappa shape index (κ3) is 6.67. The van der Waals surface area contributed by atoms with Crippen molar-refractivity contribution >= 4 is 17.7 Å². The van der Waals surface area contributed by atoms with E-state index in [-0.39, 0.29) is 0 Å². The Morgan fingerprint density at radius 1 is 1.15 bits per heavy atom. The average molecular weight is 458 g/mol. The summed E-state index contributed by atoms with van der Waals surface area (Å²) in [4.78, 5) is 9.55. The molecule has 2 aromatic rings. The number of allylic oxidation sites excluding steroid dienone is 2. The van der Waals surface area contributed by atoms with Crippen molar-refractivity contribution in [3.05, 3.63) is 88.7 Å². The van der Waals surface area contributed by atoms with E-state index in [2.05, 4.69) is 49.4 Å². The molecule has 1 aliphatic heterocycles. The minimum absolute atomic E-state index is 0.683. The van der Waals surface area contributed by atoms with Gasteiger partial charge in [0.15, 0.2) is 5.84 Å². The molecule has 0 atom stereocenters. The van der Waals surface area contributed by atoms with Crippen LogP contribution in [0.4, 0.5) is 5.69 Å². The molecule has 6 heteroatoms. The zero-order valence-corrected chi connectivity index (χ0v) is 21.1. The summed E-state index contributed by atoms with van der Waals surface area (Å²) in [5.74, 6) is 2.36. The Hall–Kier alpha value is -3.67. The maximum Gasteiger partial charge on any atom is 0.156 e. The maximum absolute atomic E-state index is 6.11. The summed E-state index contributed by atoms with van der Waals surface area (Å²) >= 11 is 0. The summed E-state index contributed by atoms with van der Waals surface area (Å²) < 4.78 is 6.11. The highest BCUT2D eigenvalue weighted by molar-refractivity contribution is 6.08. The molecule has 1 aliphatic rings. The van der Waals surface area contributed by atoms with E-state index in [9.17, 15) is 0 Å². The zero-order chi connectivity index (χ0) is 24.5. The summed E-state index contributed by atoms with van der Waals surface area (Å²) in [6.45, 7) is 13.0. The van der Waals surface area contributed by atoms with Crippen LogP contribution in [0.3, 0.4) is 0 Å². The molecule has 0 saturated heterocycles. The quantitative estimate of drug-likeness (QED) is 0.359. The van der Waals surface area contributed by atoms with Crippen molar-refractivity contribution in [3.8, 4) is 5.75 Å². The van der Waals surface area contributed by atoms with Crippen molar-refractivity contribution in [1.29, 1.82) is 0 Å². The topological polar surface area (TPSA) is 62.1 Å². The predicted octanol–water partition coefficient (Wildman–Crippen LogP) is 6.59. The van der Waals surface area contributed by atoms with E-state index in [0.717, 1.165) is 58.4 Å². The van der Waals surface area contributed by atoms with Crippen LogP contribution in [0.25, 0.3) is 0 Å². The minimum atomic E-state index is 0.683. The van der Waals surface area contributed by atoms with Crippen molar-refractivity contribution in [2.24, 2.45) is 10.1 Å². The van der Waals surface area contributed by atoms with E-state index >= 15 is 0 Å². The Bertz CT molecular complexity index is 1160. The molecular weight excluding hydrogens is 422 g/mol. The number of unbranched alkanes of at least 4 members (excludes halogenated alkanes) is 1. The Balaban J connectivity index is 1.81. The summed E-state index contributed by atoms with van der Waals surface area (Å²) in [7, 11) is 0. The number of pyridine rings is 1. The van der Waals surface area contributed by atoms with Gasteiger partial charge in [0.05, 0.1) is 6.54 Å². The number of aryl methyl sites for hydroxylation is 4. The molecule has 0 spiro atoms. The highest BCUT2D eigenvalue weighted by Crippen LogP contribution is 2.25. The number of hydrogen-bond donors (Lipinski definition) is 1. The van der Waals surface area contributed by atoms with Crippen molar-refractivity contribution in [2.75, 3.05) is 11.9 Å². The Morgan fingerprint density at radius 3 is 2.65 bits per heavy atom. The highest BCUT2D eigenvalue weighted by atomic mass is 16.5. The largest absolute Gasteiger partial charge is 0.457 e. The lowest BCUT2D eigenvalue weighted by Gasteiger charge is -2.18. The van der Waals surface area contributed by atoms with Crippen LogP contribution in [0.15, 0.2) is 70.7 Å². The van der Waals surface area contributed by atoms with Gasteiger partial charge in [0, 0.05) is 30.0 Å². The first kappa shape index (κ1) is 25.0. The summed E-state index contributed by atoms with van der Waals surface area (Å²) in [5, 5.41) is 9.58. The number of nitrogens with one attached hydrogen (secondary N) is 1. The van der Waals surface area contributed by atoms with Gasteiger partial charge in [0.1, 0.15) is 17.2 Å². The van der Waals surface area contributed by atoms with Gasteiger partial charge in [-0.05, 0) is 88.1 Å². The Kier molecular flexibility index (Phi) is 8.79. The van der Waals surface area contributed by atoms with E-state index in [1.54, 1.807) is 6.21 Å². The van der Waals surface area contributed by atoms with Gasteiger partial charge in [-0.1, -0.05) is 25.5 Å². The van der Waals surface area contributed by atoms with Crippen LogP contribution in [0, 0.1) is 27.7 Å². The zero-order valence-electron chi connectivity index (χ0n) is 21.1. The summed E-state index contributed by atoms with van der Waals surface area (Å²) in [5.41, 5.74) is 6.09. The lowest BCUT2D eigenvalue weighted by molar-refractivity contribution is 0.393. The number of hydrogen-bond acceptors (Lipinski definition) is 5. The number of ether oxygens (including phenoxy) is 1. The van der Waals surface area contributed by atoms with Crippen LogP contribution in [0.5, 0.6) is 5.75 Å². The van der Waals surface area contributed by atoms with Crippen molar-refractivity contribution in [2.45, 2.75) is 54.4 Å². The molecule has 2 heterocycles. The summed E-state index contributed by atoms with van der Waals surface area (Å²) in [6, 6.07) is 8.21. The first-order chi connectivity index (χ1) is 16.4. The molecule has 1 aromatic heterocycles. The number of nitrogens with zero attached hydrogens (tertiary/aromatic N) is 4. The van der Waals surface area contributed by atoms with Crippen LogP contribution < -0.4 is 10.1 Å². The maximum atomic E-state index is 6.11. The van der Waals surface area contributed by atoms with Crippen molar-refractivity contribution in [1.82, 2.24) is 9.99 Å². The van der Waals surface area contributed by atoms with Crippen LogP contribution in [0.2, 0.25) is 0 Å². The molecule has 0 radical (unpaired) electrons. The van der Waals surface area contributed by atoms with Gasteiger partial charge in [-0.15, -0.1) is 0 Å². The lowest BCUT2D eigenvalue weighted by Crippen LogP contribution is -2.18. The van der Waals surface area contributed by atoms with Gasteiger partial charge in [-0.3, -0.25) is 5.01 Å². The lowest BCUT2D eigenvalue weighted by atomic mass is 10.1. The van der Waals surface area contributed by atoms with Crippen molar-refractivity contribution in [3.63, 3.8) is 0 Å². The molecule has 0 amide bonds. The van der Waals surface area contributed by atoms with Crippen LogP contribution in [-0.4, -0.2) is 28.6 Å². The van der Waals surface area contributed by atoms with E-state index in [1.165, 1.54) is 5.56 Å². The highest BCUT2D eigenvalue weighted by Gasteiger charge is 2.13. The van der Waals surface area contributed by atoms with E-state index in [0.29, 0.717) is 6.54 Å². The fourth-order valence-corrected chi connectivity index (χ4v) is 3.49. The van der Waals surface area contributed by atoms with Gasteiger partial charge in [-0.25, -0.2) is 9.98 Å². The number of anilines is 1. The molecule has 34 heavy (non-hydrogen) atoms. The van der Waals surface area contributed by atoms with Crippen LogP contribution >= 0.6 is 0 Å². The first-order valence-corrected chi connectivity index (χ1v) is 11.8. The normalized spacial score (nSPS) is 14.2. The smallest absolute Gasteiger partial charge is 0.156 e. The molecular formula is C28H35N5O. The second-order valence-electron chi connectivity index (χ2n) is 8.33. The molecule has 0 bridgehead atoms. The summed E-state index contributed by atoms with van der Waals surface area (Å²) in [6.07, 6.45) is 13.6. The van der Waals surface area contributed by atoms with Gasteiger partial charge < -0.3 is 10.1 Å². The predicted molar refractivity (Wildman–Crippen MR) is 143 cm³/mol. The molecule has 1 N–H and O–H groups in total. The van der Waals surface area contributed by atoms with Gasteiger partial charge >= 0.3 is 0 Å². The first-order valence-electron chi connectivity index (χ1n) is 11.8. The van der Waals surface area contributed by atoms with Crippen LogP contribution in [0.1, 0.15) is 54.8 Å². The second-order valence-corrected chi connectivity index (χ2v) is 8.33.